The molecule has 0 aliphatic heterocycles. The van der Waals surface area contributed by atoms with Crippen LogP contribution in [-0.2, 0) is 190 Å². The van der Waals surface area contributed by atoms with Gasteiger partial charge in [0.2, 0.25) is 19.0 Å². The molecule has 0 aliphatic carbocycles. The monoisotopic (exact) mass is 3020 g/mol. The first-order valence-electron chi connectivity index (χ1n) is 44.2. The fourth-order valence-corrected chi connectivity index (χ4v) is 17.8. The Morgan fingerprint density at radius 1 is 0.252 bits per heavy atom. The van der Waals surface area contributed by atoms with Crippen LogP contribution in [-0.4, -0.2) is 99.7 Å². The molecular weight excluding hydrogens is 2950 g/mol. The van der Waals surface area contributed by atoms with Crippen LogP contribution in [0.25, 0.3) is 234 Å². The van der Waals surface area contributed by atoms with Crippen molar-refractivity contribution in [3.05, 3.63) is 334 Å². The van der Waals surface area contributed by atoms with Gasteiger partial charge in [-0.2, -0.15) is 0 Å². The molecule has 24 aromatic heterocycles. The maximum absolute atomic E-state index is 5.74. The molecule has 0 atom stereocenters. The minimum Gasteiger partial charge on any atom is -0.660 e. The minimum atomic E-state index is 0. The van der Waals surface area contributed by atoms with E-state index < -0.39 is 0 Å². The molecule has 0 bridgehead atoms. The summed E-state index contributed by atoms with van der Waals surface area (Å²) in [4.78, 5) is 67.1. The molecule has 0 spiro atoms. The smallest absolute Gasteiger partial charge is 0.660 e. The average molecular weight is 3020 g/mol. The molecular formula is C105H72N30O6Pt6-6. The first-order valence-corrected chi connectivity index (χ1v) is 44.2. The Morgan fingerprint density at radius 2 is 0.469 bits per heavy atom. The van der Waals surface area contributed by atoms with Crippen molar-refractivity contribution >= 4 is 131 Å². The van der Waals surface area contributed by atoms with E-state index in [1.807, 2.05) is 284 Å². The molecule has 0 aliphatic rings. The standard InChI is InChI=1S/3C18H13N5O.3C17H11N5O.6Pt/c3*1-21-6-7-23(11-21)18-17-14(9-24-18)12-4-3-5-13(16(12)20-17)15-8-22(2)10-19-15;3*1-21-7-14(19-10-21)12-4-2-3-11-13-8-23-17(16(13)20-15(11)12)22-6-5-18-9-22;;;;;;/h3*3-9H,1-2H3;3*2-8,10H,1H3;;;;;;/q6*-2;;;;3*+2. The predicted molar refractivity (Wildman–Crippen MR) is 518 cm³/mol. The predicted octanol–water partition coefficient (Wildman–Crippen LogP) is 15.3. The summed E-state index contributed by atoms with van der Waals surface area (Å²) in [5, 5.41) is 12.2. The fraction of sp³-hybridized carbons (Fsp3) is 0.0857. The summed E-state index contributed by atoms with van der Waals surface area (Å²) in [5.74, 6) is 3.88. The van der Waals surface area contributed by atoms with Crippen LogP contribution in [0.3, 0.4) is 0 Å². The van der Waals surface area contributed by atoms with Gasteiger partial charge >= 0.3 is 63.2 Å². The maximum atomic E-state index is 5.74. The third-order valence-electron chi connectivity index (χ3n) is 24.3. The van der Waals surface area contributed by atoms with Gasteiger partial charge in [0, 0.05) is 178 Å². The van der Waals surface area contributed by atoms with Crippen LogP contribution >= 0.6 is 0 Å². The molecule has 24 heterocycles. The minimum absolute atomic E-state index is 0. The number of aromatic nitrogens is 30. The fourth-order valence-electron chi connectivity index (χ4n) is 17.8. The molecule has 744 valence electrons. The van der Waals surface area contributed by atoms with Gasteiger partial charge in [-0.25, -0.2) is 15.0 Å². The molecule has 147 heavy (non-hydrogen) atoms. The second kappa shape index (κ2) is 41.2. The van der Waals surface area contributed by atoms with E-state index >= 15 is 0 Å². The maximum Gasteiger partial charge on any atom is 2.00 e. The van der Waals surface area contributed by atoms with Gasteiger partial charge in [-0.3, -0.25) is 13.7 Å². The van der Waals surface area contributed by atoms with Crippen LogP contribution in [0.5, 0.6) is 0 Å². The van der Waals surface area contributed by atoms with E-state index in [0.29, 0.717) is 35.3 Å². The summed E-state index contributed by atoms with van der Waals surface area (Å²) < 4.78 is 61.5. The van der Waals surface area contributed by atoms with Crippen molar-refractivity contribution in [1.82, 2.24) is 130 Å². The number of furan rings is 6. The number of benzene rings is 6. The molecule has 0 fully saturated rings. The summed E-state index contributed by atoms with van der Waals surface area (Å²) in [5.41, 5.74) is 21.7. The Hall–Kier alpha value is -15.6. The first kappa shape index (κ1) is 100. The third kappa shape index (κ3) is 18.1. The number of imidazole rings is 12. The van der Waals surface area contributed by atoms with Gasteiger partial charge in [-0.05, 0) is 102 Å². The van der Waals surface area contributed by atoms with Crippen molar-refractivity contribution in [2.45, 2.75) is 0 Å². The number of nitrogens with zero attached hydrogens (tertiary/aromatic N) is 30. The van der Waals surface area contributed by atoms with Crippen LogP contribution in [0.4, 0.5) is 0 Å². The zero-order chi connectivity index (χ0) is 94.9. The quantitative estimate of drug-likeness (QED) is 0.0810. The summed E-state index contributed by atoms with van der Waals surface area (Å²) in [6.45, 7) is 0. The van der Waals surface area contributed by atoms with E-state index in [-0.39, 0.29) is 126 Å². The molecule has 30 aromatic rings. The van der Waals surface area contributed by atoms with E-state index in [4.69, 9.17) is 56.4 Å². The van der Waals surface area contributed by atoms with Crippen LogP contribution < -0.4 is 43.6 Å². The van der Waals surface area contributed by atoms with Gasteiger partial charge in [0.25, 0.3) is 0 Å². The third-order valence-corrected chi connectivity index (χ3v) is 24.3. The Bertz CT molecular complexity index is 8980. The van der Waals surface area contributed by atoms with E-state index in [1.165, 1.54) is 0 Å². The zero-order valence-electron chi connectivity index (χ0n) is 78.2. The van der Waals surface area contributed by atoms with Crippen LogP contribution in [0.15, 0.2) is 304 Å². The largest absolute Gasteiger partial charge is 2.00 e. The van der Waals surface area contributed by atoms with Gasteiger partial charge in [0.1, 0.15) is 17.7 Å². The first-order chi connectivity index (χ1) is 69.0. The average Bonchev–Trinajstić information content (AvgIpc) is 1.62. The van der Waals surface area contributed by atoms with Crippen LogP contribution in [0, 0.1) is 56.9 Å². The number of aryl methyl sites for hydroxylation is 9. The molecule has 0 unspecified atom stereocenters. The number of hydrogen-bond acceptors (Lipinski definition) is 15. The van der Waals surface area contributed by atoms with Gasteiger partial charge < -0.3 is 141 Å². The topological polar surface area (TPSA) is 350 Å². The van der Waals surface area contributed by atoms with Crippen molar-refractivity contribution in [2.24, 2.45) is 63.4 Å². The summed E-state index contributed by atoms with van der Waals surface area (Å²) in [6, 6.07) is 36.6. The zero-order valence-corrected chi connectivity index (χ0v) is 91.9. The van der Waals surface area contributed by atoms with E-state index in [1.54, 1.807) is 107 Å². The second-order valence-corrected chi connectivity index (χ2v) is 33.8. The van der Waals surface area contributed by atoms with Crippen LogP contribution in [0.1, 0.15) is 0 Å². The molecule has 0 saturated heterocycles. The van der Waals surface area contributed by atoms with Crippen molar-refractivity contribution in [3.8, 4) is 103 Å². The van der Waals surface area contributed by atoms with Gasteiger partial charge in [-0.1, -0.05) is 197 Å². The number of fused-ring (bicyclic) bond motifs is 18. The van der Waals surface area contributed by atoms with Crippen molar-refractivity contribution in [3.63, 3.8) is 0 Å². The normalized spacial score (nSPS) is 11.2. The Kier molecular flexibility index (Phi) is 28.0. The Balaban J connectivity index is 0.000000110. The van der Waals surface area contributed by atoms with Gasteiger partial charge in [0.05, 0.1) is 94.8 Å². The summed E-state index contributed by atoms with van der Waals surface area (Å²) in [7, 11) is 17.3. The van der Waals surface area contributed by atoms with Crippen molar-refractivity contribution < 1.29 is 167 Å². The number of hydrogen-bond donors (Lipinski definition) is 0. The summed E-state index contributed by atoms with van der Waals surface area (Å²) >= 11 is 0. The molecule has 30 rings (SSSR count). The van der Waals surface area contributed by atoms with Gasteiger partial charge in [-0.15, -0.1) is 68.2 Å². The number of rotatable bonds is 12. The SMILES string of the molecule is Cn1[c-]nc(-c2cccc3c2[n-]c2c(-n4[c-][n+](C)cc4)occ23)c1.Cn1[c-]nc(-c2cccc3c2[n-]c2c(-n4[c-][n+](C)cc4)occ23)c1.Cn1[c-]nc(-c2cccc3c2[n-]c2c(-n4[c-][n+](C)cc4)occ23)c1.Cn1cnc(-c2cccc3c2[n-]c2c(-n4[c-]ncc4)occ23)c1.Cn1cnc(-c2cccc3c2[n-]c2c(-n4[c-]ncc4)occ23)c1.Cn1cnc(-c2cccc3c2[n-]c2c(-n4[c-]ncc4)occ23)c1.[Pt+2].[Pt+2].[Pt+2].[Pt].[Pt].[Pt]. The number of para-hydroxylation sites is 6. The second-order valence-electron chi connectivity index (χ2n) is 33.8. The molecule has 0 radical (unpaired) electrons. The van der Waals surface area contributed by atoms with E-state index in [2.05, 4.69) is 120 Å². The molecule has 0 N–H and O–H groups in total. The Labute approximate surface area is 919 Å². The van der Waals surface area contributed by atoms with E-state index in [0.717, 1.165) is 198 Å². The van der Waals surface area contributed by atoms with Crippen molar-refractivity contribution in [2.75, 3.05) is 0 Å². The molecule has 36 nitrogen and oxygen atoms in total. The van der Waals surface area contributed by atoms with E-state index in [9.17, 15) is 0 Å². The Morgan fingerprint density at radius 3 is 0.646 bits per heavy atom. The van der Waals surface area contributed by atoms with Gasteiger partial charge in [0.15, 0.2) is 17.7 Å². The van der Waals surface area contributed by atoms with Crippen LogP contribution in [0.2, 0.25) is 0 Å². The molecule has 0 amide bonds. The van der Waals surface area contributed by atoms with Crippen molar-refractivity contribution in [1.29, 1.82) is 0 Å². The molecule has 6 aromatic carbocycles. The molecule has 42 heteroatoms. The molecule has 0 saturated carbocycles. The summed E-state index contributed by atoms with van der Waals surface area (Å²) in [6.07, 6.45) is 76.1.